The molecule has 2 aliphatic rings. The van der Waals surface area contributed by atoms with E-state index in [2.05, 4.69) is 21.6 Å². The number of piperidine rings is 1. The fourth-order valence-corrected chi connectivity index (χ4v) is 4.94. The van der Waals surface area contributed by atoms with Crippen molar-refractivity contribution < 1.29 is 14.4 Å². The van der Waals surface area contributed by atoms with Crippen LogP contribution in [0.5, 0.6) is 0 Å². The molecule has 2 aromatic carbocycles. The molecule has 1 unspecified atom stereocenters. The van der Waals surface area contributed by atoms with Crippen molar-refractivity contribution in [1.29, 1.82) is 0 Å². The highest BCUT2D eigenvalue weighted by Gasteiger charge is 2.35. The summed E-state index contributed by atoms with van der Waals surface area (Å²) in [4.78, 5) is 42.6. The lowest BCUT2D eigenvalue weighted by Crippen LogP contribution is -2.56. The van der Waals surface area contributed by atoms with E-state index in [9.17, 15) is 14.4 Å². The highest BCUT2D eigenvalue weighted by atomic mass is 16.2. The van der Waals surface area contributed by atoms with Crippen LogP contribution in [0.25, 0.3) is 0 Å². The van der Waals surface area contributed by atoms with Crippen LogP contribution in [0.2, 0.25) is 0 Å². The monoisotopic (exact) mass is 476 g/mol. The van der Waals surface area contributed by atoms with Crippen molar-refractivity contribution in [2.24, 2.45) is 5.92 Å². The van der Waals surface area contributed by atoms with Gasteiger partial charge in [0.15, 0.2) is 0 Å². The first-order chi connectivity index (χ1) is 16.9. The summed E-state index contributed by atoms with van der Waals surface area (Å²) < 4.78 is 0. The van der Waals surface area contributed by atoms with Crippen LogP contribution in [-0.2, 0) is 27.3 Å². The third-order valence-corrected chi connectivity index (χ3v) is 6.81. The van der Waals surface area contributed by atoms with E-state index >= 15 is 0 Å². The number of fused-ring (bicyclic) bond motifs is 1. The first kappa shape index (κ1) is 24.9. The molecule has 0 aromatic heterocycles. The van der Waals surface area contributed by atoms with E-state index in [0.717, 1.165) is 42.7 Å². The van der Waals surface area contributed by atoms with Crippen LogP contribution in [0.15, 0.2) is 54.6 Å². The van der Waals surface area contributed by atoms with Gasteiger partial charge in [-0.3, -0.25) is 19.3 Å². The van der Waals surface area contributed by atoms with Crippen molar-refractivity contribution in [3.8, 4) is 0 Å². The maximum Gasteiger partial charge on any atom is 0.243 e. The van der Waals surface area contributed by atoms with Crippen molar-refractivity contribution in [1.82, 2.24) is 15.1 Å². The summed E-state index contributed by atoms with van der Waals surface area (Å²) in [7, 11) is 0. The molecular weight excluding hydrogens is 440 g/mol. The van der Waals surface area contributed by atoms with E-state index in [1.807, 2.05) is 62.4 Å². The lowest BCUT2D eigenvalue weighted by molar-refractivity contribution is -0.142. The van der Waals surface area contributed by atoms with Gasteiger partial charge in [0.2, 0.25) is 17.7 Å². The Labute approximate surface area is 207 Å². The molecule has 0 aliphatic carbocycles. The molecule has 0 saturated carbocycles. The molecule has 1 atom stereocenters. The number of hydrogen-bond acceptors (Lipinski definition) is 4. The number of para-hydroxylation sites is 1. The minimum Gasteiger partial charge on any atom is -0.351 e. The molecule has 0 bridgehead atoms. The second-order valence-corrected chi connectivity index (χ2v) is 10.1. The average molecular weight is 477 g/mol. The quantitative estimate of drug-likeness (QED) is 0.643. The zero-order chi connectivity index (χ0) is 24.8. The van der Waals surface area contributed by atoms with Gasteiger partial charge in [-0.1, -0.05) is 56.3 Å². The summed E-state index contributed by atoms with van der Waals surface area (Å²) in [5.41, 5.74) is 3.06. The third-order valence-electron chi connectivity index (χ3n) is 6.81. The van der Waals surface area contributed by atoms with Gasteiger partial charge in [0.05, 0.1) is 6.54 Å². The highest BCUT2D eigenvalue weighted by molar-refractivity contribution is 5.92. The van der Waals surface area contributed by atoms with E-state index in [0.29, 0.717) is 25.9 Å². The summed E-state index contributed by atoms with van der Waals surface area (Å²) in [5.74, 6) is 0.177. The van der Waals surface area contributed by atoms with Crippen molar-refractivity contribution in [3.05, 3.63) is 65.7 Å². The Hall–Kier alpha value is -3.19. The second-order valence-electron chi connectivity index (χ2n) is 10.1. The number of carbonyl (C=O) groups excluding carboxylic acids is 3. The summed E-state index contributed by atoms with van der Waals surface area (Å²) in [6.45, 7) is 6.37. The normalized spacial score (nSPS) is 18.7. The molecule has 35 heavy (non-hydrogen) atoms. The van der Waals surface area contributed by atoms with Gasteiger partial charge in [-0.05, 0) is 42.0 Å². The fourth-order valence-electron chi connectivity index (χ4n) is 4.94. The van der Waals surface area contributed by atoms with Gasteiger partial charge in [0.1, 0.15) is 6.04 Å². The number of anilines is 1. The summed E-state index contributed by atoms with van der Waals surface area (Å²) in [5, 5.41) is 6.14. The van der Waals surface area contributed by atoms with Crippen molar-refractivity contribution in [3.63, 3.8) is 0 Å². The van der Waals surface area contributed by atoms with Crippen molar-refractivity contribution >= 4 is 23.4 Å². The van der Waals surface area contributed by atoms with E-state index in [-0.39, 0.29) is 29.7 Å². The molecule has 3 amide bonds. The molecule has 7 nitrogen and oxygen atoms in total. The Balaban J connectivity index is 1.31. The van der Waals surface area contributed by atoms with Crippen LogP contribution >= 0.6 is 0 Å². The van der Waals surface area contributed by atoms with Crippen LogP contribution < -0.4 is 10.6 Å². The Kier molecular flexibility index (Phi) is 8.18. The molecule has 1 saturated heterocycles. The van der Waals surface area contributed by atoms with E-state index in [1.165, 1.54) is 0 Å². The van der Waals surface area contributed by atoms with Gasteiger partial charge < -0.3 is 15.5 Å². The van der Waals surface area contributed by atoms with Crippen LogP contribution in [0, 0.1) is 5.92 Å². The Bertz CT molecular complexity index is 1030. The number of rotatable bonds is 7. The molecule has 0 spiro atoms. The molecule has 1 fully saturated rings. The van der Waals surface area contributed by atoms with Crippen molar-refractivity contribution in [2.45, 2.75) is 58.2 Å². The van der Waals surface area contributed by atoms with Crippen molar-refractivity contribution in [2.75, 3.05) is 25.0 Å². The van der Waals surface area contributed by atoms with Gasteiger partial charge in [-0.2, -0.15) is 0 Å². The molecule has 7 heteroatoms. The summed E-state index contributed by atoms with van der Waals surface area (Å²) >= 11 is 0. The maximum absolute atomic E-state index is 13.4. The number of carbonyl (C=O) groups is 3. The van der Waals surface area contributed by atoms with Gasteiger partial charge >= 0.3 is 0 Å². The van der Waals surface area contributed by atoms with Gasteiger partial charge in [0, 0.05) is 44.2 Å². The molecule has 2 aliphatic heterocycles. The molecule has 2 heterocycles. The predicted molar refractivity (Wildman–Crippen MR) is 137 cm³/mol. The lowest BCUT2D eigenvalue weighted by Gasteiger charge is -2.38. The summed E-state index contributed by atoms with van der Waals surface area (Å²) in [6, 6.07) is 17.1. The zero-order valence-electron chi connectivity index (χ0n) is 20.7. The maximum atomic E-state index is 13.4. The fraction of sp³-hybridized carbons (Fsp3) is 0.464. The van der Waals surface area contributed by atoms with Gasteiger partial charge in [-0.25, -0.2) is 0 Å². The first-order valence-electron chi connectivity index (χ1n) is 12.6. The largest absolute Gasteiger partial charge is 0.351 e. The number of benzene rings is 2. The topological polar surface area (TPSA) is 81.8 Å². The van der Waals surface area contributed by atoms with Crippen LogP contribution in [0.3, 0.4) is 0 Å². The zero-order valence-corrected chi connectivity index (χ0v) is 20.7. The number of nitrogens with one attached hydrogen (secondary N) is 2. The average Bonchev–Trinajstić information content (AvgIpc) is 2.84. The van der Waals surface area contributed by atoms with Crippen LogP contribution in [0.1, 0.15) is 44.2 Å². The Morgan fingerprint density at radius 2 is 1.60 bits per heavy atom. The van der Waals surface area contributed by atoms with Crippen LogP contribution in [-0.4, -0.2) is 59.2 Å². The van der Waals surface area contributed by atoms with Gasteiger partial charge in [0.25, 0.3) is 0 Å². The molecule has 2 aromatic rings. The predicted octanol–water partition coefficient (Wildman–Crippen LogP) is 3.21. The molecule has 186 valence electrons. The second kappa shape index (κ2) is 11.5. The minimum absolute atomic E-state index is 0.0288. The highest BCUT2D eigenvalue weighted by Crippen LogP contribution is 2.25. The SMILES string of the molecule is CC(C)CC(=O)N1Cc2ccccc2CC1C(=O)NC1CCN(CC(=O)Nc2ccccc2)CC1. The van der Waals surface area contributed by atoms with E-state index in [1.54, 1.807) is 4.90 Å². The van der Waals surface area contributed by atoms with Gasteiger partial charge in [-0.15, -0.1) is 0 Å². The number of amides is 3. The number of likely N-dealkylation sites (tertiary alicyclic amines) is 1. The lowest BCUT2D eigenvalue weighted by atomic mass is 9.92. The molecular formula is C28H36N4O3. The molecule has 2 N–H and O–H groups in total. The Morgan fingerprint density at radius 1 is 0.943 bits per heavy atom. The standard InChI is InChI=1S/C28H36N4O3/c1-20(2)16-27(34)32-18-22-9-7-6-8-21(22)17-25(32)28(35)30-24-12-14-31(15-13-24)19-26(33)29-23-10-4-3-5-11-23/h3-11,20,24-25H,12-19H2,1-2H3,(H,29,33)(H,30,35). The number of nitrogens with zero attached hydrogens (tertiary/aromatic N) is 2. The molecule has 0 radical (unpaired) electrons. The first-order valence-corrected chi connectivity index (χ1v) is 12.6. The van der Waals surface area contributed by atoms with Crippen LogP contribution in [0.4, 0.5) is 5.69 Å². The van der Waals surface area contributed by atoms with E-state index in [4.69, 9.17) is 0 Å². The van der Waals surface area contributed by atoms with E-state index < -0.39 is 6.04 Å². The number of hydrogen-bond donors (Lipinski definition) is 2. The summed E-state index contributed by atoms with van der Waals surface area (Å²) in [6.07, 6.45) is 2.56. The smallest absolute Gasteiger partial charge is 0.243 e. The third kappa shape index (κ3) is 6.69. The Morgan fingerprint density at radius 3 is 2.29 bits per heavy atom. The molecule has 4 rings (SSSR count). The minimum atomic E-state index is -0.481.